The number of benzene rings is 2. The monoisotopic (exact) mass is 363 g/mol. The zero-order valence-electron chi connectivity index (χ0n) is 13.3. The molecule has 0 bridgehead atoms. The van der Waals surface area contributed by atoms with Gasteiger partial charge in [-0.05, 0) is 36.2 Å². The van der Waals surface area contributed by atoms with Crippen LogP contribution in [0.25, 0.3) is 10.9 Å². The molecule has 3 aromatic rings. The lowest BCUT2D eigenvalue weighted by Crippen LogP contribution is -2.12. The summed E-state index contributed by atoms with van der Waals surface area (Å²) in [6.45, 7) is 3.76. The lowest BCUT2D eigenvalue weighted by Gasteiger charge is -2.13. The Morgan fingerprint density at radius 2 is 1.75 bits per heavy atom. The van der Waals surface area contributed by atoms with Gasteiger partial charge in [0, 0.05) is 22.2 Å². The number of nitrogens with zero attached hydrogens (tertiary/aromatic N) is 1. The van der Waals surface area contributed by atoms with Crippen molar-refractivity contribution in [3.05, 3.63) is 65.3 Å². The number of fused-ring (bicyclic) bond motifs is 1. The van der Waals surface area contributed by atoms with Crippen LogP contribution in [0.5, 0.6) is 0 Å². The molecule has 24 heavy (non-hydrogen) atoms. The normalized spacial score (nSPS) is 13.5. The first-order valence-corrected chi connectivity index (χ1v) is 9.43. The molecule has 2 aromatic carbocycles. The van der Waals surface area contributed by atoms with Crippen LogP contribution in [0, 0.1) is 5.92 Å². The van der Waals surface area contributed by atoms with Crippen LogP contribution in [0.4, 0.5) is 0 Å². The molecular weight excluding hydrogens is 346 g/mol. The van der Waals surface area contributed by atoms with E-state index in [1.54, 1.807) is 48.5 Å². The van der Waals surface area contributed by atoms with Crippen LogP contribution >= 0.6 is 11.6 Å². The van der Waals surface area contributed by atoms with Gasteiger partial charge in [-0.2, -0.15) is 0 Å². The van der Waals surface area contributed by atoms with Crippen molar-refractivity contribution in [2.45, 2.75) is 24.8 Å². The number of aliphatic hydroxyl groups excluding tert-OH is 1. The first-order valence-electron chi connectivity index (χ1n) is 7.61. The van der Waals surface area contributed by atoms with E-state index in [-0.39, 0.29) is 10.8 Å². The molecule has 126 valence electrons. The molecule has 1 unspecified atom stereocenters. The Balaban J connectivity index is 2.30. The van der Waals surface area contributed by atoms with Crippen molar-refractivity contribution < 1.29 is 13.5 Å². The molecule has 4 nitrogen and oxygen atoms in total. The molecule has 0 saturated carbocycles. The number of hydrogen-bond acceptors (Lipinski definition) is 3. The standard InChI is InChI=1S/C18H18ClNO3S/c1-12(2)18(21)16-11-20(17-9-8-13(19)10-15(16)17)24(22,23)14-6-4-3-5-7-14/h3-12,18,21H,1-2H3. The van der Waals surface area contributed by atoms with Crippen molar-refractivity contribution in [3.63, 3.8) is 0 Å². The summed E-state index contributed by atoms with van der Waals surface area (Å²) in [5.41, 5.74) is 1.06. The van der Waals surface area contributed by atoms with Crippen LogP contribution < -0.4 is 0 Å². The average molecular weight is 364 g/mol. The smallest absolute Gasteiger partial charge is 0.268 e. The van der Waals surface area contributed by atoms with Gasteiger partial charge in [-0.25, -0.2) is 12.4 Å². The van der Waals surface area contributed by atoms with Gasteiger partial charge < -0.3 is 5.11 Å². The van der Waals surface area contributed by atoms with E-state index in [9.17, 15) is 13.5 Å². The van der Waals surface area contributed by atoms with E-state index in [4.69, 9.17) is 11.6 Å². The van der Waals surface area contributed by atoms with Crippen LogP contribution in [0.2, 0.25) is 5.02 Å². The molecule has 0 aliphatic carbocycles. The predicted molar refractivity (Wildman–Crippen MR) is 95.8 cm³/mol. The number of hydrogen-bond donors (Lipinski definition) is 1. The topological polar surface area (TPSA) is 59.3 Å². The minimum absolute atomic E-state index is 0.0533. The fraction of sp³-hybridized carbons (Fsp3) is 0.222. The molecule has 0 radical (unpaired) electrons. The van der Waals surface area contributed by atoms with Gasteiger partial charge in [-0.3, -0.25) is 0 Å². The summed E-state index contributed by atoms with van der Waals surface area (Å²) in [5, 5.41) is 11.6. The SMILES string of the molecule is CC(C)C(O)c1cn(S(=O)(=O)c2ccccc2)c2ccc(Cl)cc12. The van der Waals surface area contributed by atoms with E-state index in [0.29, 0.717) is 21.5 Å². The molecule has 0 aliphatic heterocycles. The van der Waals surface area contributed by atoms with Gasteiger partial charge in [-0.1, -0.05) is 43.6 Å². The lowest BCUT2D eigenvalue weighted by atomic mass is 9.99. The van der Waals surface area contributed by atoms with Gasteiger partial charge in [0.15, 0.2) is 0 Å². The Labute approximate surface area is 146 Å². The summed E-state index contributed by atoms with van der Waals surface area (Å²) in [6.07, 6.45) is 0.715. The van der Waals surface area contributed by atoms with Crippen molar-refractivity contribution in [2.24, 2.45) is 5.92 Å². The minimum Gasteiger partial charge on any atom is -0.388 e. The highest BCUT2D eigenvalue weighted by atomic mass is 35.5. The highest BCUT2D eigenvalue weighted by Crippen LogP contribution is 2.34. The number of halogens is 1. The molecule has 1 atom stereocenters. The molecule has 0 spiro atoms. The van der Waals surface area contributed by atoms with Crippen LogP contribution in [-0.4, -0.2) is 17.5 Å². The Bertz CT molecular complexity index is 978. The molecule has 0 saturated heterocycles. The fourth-order valence-electron chi connectivity index (χ4n) is 2.70. The minimum atomic E-state index is -3.75. The van der Waals surface area contributed by atoms with Gasteiger partial charge >= 0.3 is 0 Å². The molecule has 1 heterocycles. The van der Waals surface area contributed by atoms with Gasteiger partial charge in [0.1, 0.15) is 0 Å². The maximum absolute atomic E-state index is 13.0. The first-order chi connectivity index (χ1) is 11.3. The Kier molecular flexibility index (Phi) is 4.42. The lowest BCUT2D eigenvalue weighted by molar-refractivity contribution is 0.128. The Hall–Kier alpha value is -1.82. The Morgan fingerprint density at radius 1 is 1.08 bits per heavy atom. The van der Waals surface area contributed by atoms with E-state index in [1.807, 2.05) is 13.8 Å². The second-order valence-electron chi connectivity index (χ2n) is 6.05. The van der Waals surface area contributed by atoms with Crippen LogP contribution in [0.15, 0.2) is 59.6 Å². The zero-order chi connectivity index (χ0) is 17.5. The second kappa shape index (κ2) is 6.24. The third-order valence-electron chi connectivity index (χ3n) is 4.01. The third kappa shape index (κ3) is 2.83. The van der Waals surface area contributed by atoms with Crippen molar-refractivity contribution in [2.75, 3.05) is 0 Å². The van der Waals surface area contributed by atoms with E-state index >= 15 is 0 Å². The predicted octanol–water partition coefficient (Wildman–Crippen LogP) is 4.22. The van der Waals surface area contributed by atoms with Gasteiger partial charge in [0.2, 0.25) is 0 Å². The van der Waals surface area contributed by atoms with Crippen molar-refractivity contribution >= 4 is 32.5 Å². The summed E-state index contributed by atoms with van der Waals surface area (Å²) in [7, 11) is -3.75. The zero-order valence-corrected chi connectivity index (χ0v) is 14.9. The fourth-order valence-corrected chi connectivity index (χ4v) is 4.27. The third-order valence-corrected chi connectivity index (χ3v) is 5.94. The molecule has 0 aliphatic rings. The van der Waals surface area contributed by atoms with E-state index < -0.39 is 16.1 Å². The summed E-state index contributed by atoms with van der Waals surface area (Å²) >= 11 is 6.08. The molecule has 1 aromatic heterocycles. The van der Waals surface area contributed by atoms with E-state index in [2.05, 4.69) is 0 Å². The van der Waals surface area contributed by atoms with Gasteiger partial charge in [-0.15, -0.1) is 0 Å². The molecule has 1 N–H and O–H groups in total. The largest absolute Gasteiger partial charge is 0.388 e. The molecule has 0 amide bonds. The summed E-state index contributed by atoms with van der Waals surface area (Å²) in [4.78, 5) is 0.197. The Morgan fingerprint density at radius 3 is 2.38 bits per heavy atom. The molecule has 6 heteroatoms. The number of aliphatic hydroxyl groups is 1. The van der Waals surface area contributed by atoms with Crippen molar-refractivity contribution in [1.29, 1.82) is 0 Å². The van der Waals surface area contributed by atoms with Crippen molar-refractivity contribution in [1.82, 2.24) is 3.97 Å². The van der Waals surface area contributed by atoms with E-state index in [0.717, 1.165) is 0 Å². The van der Waals surface area contributed by atoms with E-state index in [1.165, 1.54) is 10.2 Å². The van der Waals surface area contributed by atoms with Crippen LogP contribution in [-0.2, 0) is 10.0 Å². The molecule has 0 fully saturated rings. The van der Waals surface area contributed by atoms with Crippen LogP contribution in [0.1, 0.15) is 25.5 Å². The highest BCUT2D eigenvalue weighted by Gasteiger charge is 2.25. The second-order valence-corrected chi connectivity index (χ2v) is 8.30. The van der Waals surface area contributed by atoms with Crippen LogP contribution in [0.3, 0.4) is 0 Å². The van der Waals surface area contributed by atoms with Gasteiger partial charge in [0.25, 0.3) is 10.0 Å². The first kappa shape index (κ1) is 17.0. The molecular formula is C18H18ClNO3S. The van der Waals surface area contributed by atoms with Crippen molar-refractivity contribution in [3.8, 4) is 0 Å². The quantitative estimate of drug-likeness (QED) is 0.754. The summed E-state index contributed by atoms with van der Waals surface area (Å²) in [6, 6.07) is 13.2. The molecule has 3 rings (SSSR count). The highest BCUT2D eigenvalue weighted by molar-refractivity contribution is 7.90. The van der Waals surface area contributed by atoms with Gasteiger partial charge in [0.05, 0.1) is 16.5 Å². The number of aromatic nitrogens is 1. The average Bonchev–Trinajstić information content (AvgIpc) is 2.94. The summed E-state index contributed by atoms with van der Waals surface area (Å²) in [5.74, 6) is -0.0533. The summed E-state index contributed by atoms with van der Waals surface area (Å²) < 4.78 is 27.2. The number of rotatable bonds is 4. The maximum Gasteiger partial charge on any atom is 0.268 e. The maximum atomic E-state index is 13.0.